The van der Waals surface area contributed by atoms with E-state index >= 15 is 0 Å². The Morgan fingerprint density at radius 3 is 2.39 bits per heavy atom. The van der Waals surface area contributed by atoms with Crippen LogP contribution in [-0.4, -0.2) is 40.8 Å². The molecule has 0 aliphatic heterocycles. The molecule has 3 N–H and O–H groups in total. The fraction of sp³-hybridized carbons (Fsp3) is 0.731. The van der Waals surface area contributed by atoms with Crippen molar-refractivity contribution in [3.63, 3.8) is 0 Å². The van der Waals surface area contributed by atoms with Crippen LogP contribution in [0.15, 0.2) is 9.32 Å². The molecule has 3 saturated carbocycles. The Morgan fingerprint density at radius 1 is 1.06 bits per heavy atom. The molecule has 0 amide bonds. The number of imidazole rings is 1. The molecule has 3 aliphatic carbocycles. The molecule has 1 unspecified atom stereocenters. The molecule has 0 spiro atoms. The van der Waals surface area contributed by atoms with Crippen LogP contribution < -0.4 is 11.1 Å². The summed E-state index contributed by atoms with van der Waals surface area (Å²) in [5, 5.41) is 18.8. The van der Waals surface area contributed by atoms with E-state index in [0.29, 0.717) is 29.1 Å². The molecule has 10 heteroatoms. The maximum Gasteiger partial charge on any atom is 0.439 e. The molecular weight excluding hydrogens is 458 g/mol. The average molecular weight is 496 g/mol. The van der Waals surface area contributed by atoms with Gasteiger partial charge in [0, 0.05) is 12.6 Å². The van der Waals surface area contributed by atoms with Crippen molar-refractivity contribution in [3.8, 4) is 11.6 Å². The van der Waals surface area contributed by atoms with Crippen molar-refractivity contribution >= 4 is 17.0 Å². The SMILES string of the molecule is C[C@@H](Nc1nc(-c2noc(=O)[nH]2)nc2nc(C(O)C3CCC3)n(C[C@H]3CC[C@H](C)CC3)c12)C1CCC1. The fourth-order valence-corrected chi connectivity index (χ4v) is 6.01. The molecule has 10 nitrogen and oxygen atoms in total. The Hall–Kier alpha value is -2.75. The molecule has 0 aromatic carbocycles. The van der Waals surface area contributed by atoms with Gasteiger partial charge in [0.25, 0.3) is 0 Å². The fourth-order valence-electron chi connectivity index (χ4n) is 6.01. The molecule has 2 atom stereocenters. The number of aliphatic hydroxyl groups is 1. The van der Waals surface area contributed by atoms with Crippen LogP contribution >= 0.6 is 0 Å². The van der Waals surface area contributed by atoms with E-state index in [1.807, 2.05) is 0 Å². The van der Waals surface area contributed by atoms with Gasteiger partial charge in [-0.25, -0.2) is 19.7 Å². The van der Waals surface area contributed by atoms with Gasteiger partial charge in [-0.2, -0.15) is 0 Å². The molecule has 0 bridgehead atoms. The molecule has 3 aromatic rings. The number of H-pyrrole nitrogens is 1. The highest BCUT2D eigenvalue weighted by Crippen LogP contribution is 2.40. The number of aliphatic hydroxyl groups excluding tert-OH is 1. The number of nitrogens with one attached hydrogen (secondary N) is 2. The summed E-state index contributed by atoms with van der Waals surface area (Å²) in [6.07, 6.45) is 11.1. The monoisotopic (exact) mass is 495 g/mol. The Morgan fingerprint density at radius 2 is 1.78 bits per heavy atom. The van der Waals surface area contributed by atoms with Crippen LogP contribution in [-0.2, 0) is 6.54 Å². The summed E-state index contributed by atoms with van der Waals surface area (Å²) in [7, 11) is 0. The highest BCUT2D eigenvalue weighted by molar-refractivity contribution is 5.85. The summed E-state index contributed by atoms with van der Waals surface area (Å²) in [5.74, 6) is 3.30. The number of rotatable bonds is 8. The number of fused-ring (bicyclic) bond motifs is 1. The normalized spacial score (nSPS) is 24.9. The van der Waals surface area contributed by atoms with E-state index in [4.69, 9.17) is 19.5 Å². The first kappa shape index (κ1) is 23.6. The second kappa shape index (κ2) is 9.61. The molecular formula is C26H37N7O3. The lowest BCUT2D eigenvalue weighted by Crippen LogP contribution is -2.31. The molecule has 3 aliphatic rings. The summed E-state index contributed by atoms with van der Waals surface area (Å²) in [4.78, 5) is 28.6. The Bertz CT molecular complexity index is 1260. The molecule has 36 heavy (non-hydrogen) atoms. The maximum absolute atomic E-state index is 11.6. The van der Waals surface area contributed by atoms with Crippen LogP contribution in [0.2, 0.25) is 0 Å². The Balaban J connectivity index is 1.46. The lowest BCUT2D eigenvalue weighted by atomic mass is 9.80. The quantitative estimate of drug-likeness (QED) is 0.418. The first-order valence-corrected chi connectivity index (χ1v) is 13.8. The Labute approximate surface area is 210 Å². The minimum Gasteiger partial charge on any atom is -0.385 e. The maximum atomic E-state index is 11.6. The standard InChI is InChI=1S/C26H37N7O3/c1-14-9-11-16(12-10-14)13-33-19-21(27-15(2)17-5-3-6-17)28-23(24-31-26(35)36-32-24)29-22(19)30-25(33)20(34)18-7-4-8-18/h14-18,20,34H,3-13H2,1-2H3,(H,27,28,29)(H,31,32,35)/t14-,15-,16-,20?/m1/s1. The van der Waals surface area contributed by atoms with Gasteiger partial charge >= 0.3 is 5.76 Å². The van der Waals surface area contributed by atoms with Crippen molar-refractivity contribution in [2.75, 3.05) is 5.32 Å². The van der Waals surface area contributed by atoms with Crippen LogP contribution in [0.4, 0.5) is 5.82 Å². The molecule has 3 aromatic heterocycles. The number of aromatic nitrogens is 6. The summed E-state index contributed by atoms with van der Waals surface area (Å²) >= 11 is 0. The topological polar surface area (TPSA) is 135 Å². The second-order valence-electron chi connectivity index (χ2n) is 11.5. The van der Waals surface area contributed by atoms with Crippen LogP contribution in [0.5, 0.6) is 0 Å². The molecule has 194 valence electrons. The zero-order chi connectivity index (χ0) is 24.8. The van der Waals surface area contributed by atoms with Gasteiger partial charge in [0.15, 0.2) is 11.5 Å². The van der Waals surface area contributed by atoms with E-state index in [-0.39, 0.29) is 23.6 Å². The molecule has 0 saturated heterocycles. The van der Waals surface area contributed by atoms with Gasteiger partial charge in [0.05, 0.1) is 0 Å². The summed E-state index contributed by atoms with van der Waals surface area (Å²) < 4.78 is 6.92. The van der Waals surface area contributed by atoms with Gasteiger partial charge in [-0.1, -0.05) is 37.8 Å². The van der Waals surface area contributed by atoms with Crippen LogP contribution in [0.25, 0.3) is 22.8 Å². The predicted molar refractivity (Wildman–Crippen MR) is 135 cm³/mol. The van der Waals surface area contributed by atoms with Gasteiger partial charge < -0.3 is 15.0 Å². The van der Waals surface area contributed by atoms with E-state index in [1.54, 1.807) is 0 Å². The van der Waals surface area contributed by atoms with Crippen LogP contribution in [0.1, 0.15) is 90.0 Å². The number of anilines is 1. The van der Waals surface area contributed by atoms with Gasteiger partial charge in [-0.05, 0) is 69.1 Å². The smallest absolute Gasteiger partial charge is 0.385 e. The van der Waals surface area contributed by atoms with Gasteiger partial charge in [-0.3, -0.25) is 9.51 Å². The number of aromatic amines is 1. The first-order chi connectivity index (χ1) is 17.5. The van der Waals surface area contributed by atoms with Crippen molar-refractivity contribution in [1.82, 2.24) is 29.7 Å². The van der Waals surface area contributed by atoms with Gasteiger partial charge in [0.2, 0.25) is 11.6 Å². The van der Waals surface area contributed by atoms with Crippen molar-refractivity contribution in [2.24, 2.45) is 23.7 Å². The second-order valence-corrected chi connectivity index (χ2v) is 11.5. The summed E-state index contributed by atoms with van der Waals surface area (Å²) in [5.41, 5.74) is 1.35. The van der Waals surface area contributed by atoms with E-state index in [2.05, 4.69) is 33.9 Å². The van der Waals surface area contributed by atoms with Crippen molar-refractivity contribution < 1.29 is 9.63 Å². The van der Waals surface area contributed by atoms with E-state index in [9.17, 15) is 9.90 Å². The number of nitrogens with zero attached hydrogens (tertiary/aromatic N) is 5. The predicted octanol–water partition coefficient (Wildman–Crippen LogP) is 4.43. The average Bonchev–Trinajstić information content (AvgIpc) is 3.36. The lowest BCUT2D eigenvalue weighted by molar-refractivity contribution is 0.0514. The van der Waals surface area contributed by atoms with Crippen molar-refractivity contribution in [1.29, 1.82) is 0 Å². The minimum absolute atomic E-state index is 0.179. The first-order valence-electron chi connectivity index (χ1n) is 13.8. The highest BCUT2D eigenvalue weighted by atomic mass is 16.5. The third kappa shape index (κ3) is 4.44. The van der Waals surface area contributed by atoms with Gasteiger partial charge in [0.1, 0.15) is 17.4 Å². The zero-order valence-electron chi connectivity index (χ0n) is 21.2. The number of hydrogen-bond acceptors (Lipinski definition) is 8. The largest absolute Gasteiger partial charge is 0.439 e. The van der Waals surface area contributed by atoms with Gasteiger partial charge in [-0.15, -0.1) is 0 Å². The van der Waals surface area contributed by atoms with Crippen LogP contribution in [0, 0.1) is 23.7 Å². The highest BCUT2D eigenvalue weighted by Gasteiger charge is 2.34. The molecule has 3 fully saturated rings. The summed E-state index contributed by atoms with van der Waals surface area (Å²) in [6.45, 7) is 5.34. The Kier molecular flexibility index (Phi) is 6.31. The van der Waals surface area contributed by atoms with E-state index < -0.39 is 11.9 Å². The van der Waals surface area contributed by atoms with Crippen molar-refractivity contribution in [2.45, 2.75) is 96.7 Å². The third-order valence-corrected chi connectivity index (χ3v) is 8.94. The molecule has 6 rings (SSSR count). The van der Waals surface area contributed by atoms with E-state index in [1.165, 1.54) is 44.9 Å². The lowest BCUT2D eigenvalue weighted by Gasteiger charge is -2.33. The molecule has 3 heterocycles. The summed E-state index contributed by atoms with van der Waals surface area (Å²) in [6, 6.07) is 0.236. The zero-order valence-corrected chi connectivity index (χ0v) is 21.2. The number of hydrogen-bond donors (Lipinski definition) is 3. The van der Waals surface area contributed by atoms with E-state index in [0.717, 1.165) is 37.2 Å². The molecule has 0 radical (unpaired) electrons. The van der Waals surface area contributed by atoms with Crippen molar-refractivity contribution in [3.05, 3.63) is 16.4 Å². The third-order valence-electron chi connectivity index (χ3n) is 8.94. The van der Waals surface area contributed by atoms with Crippen LogP contribution in [0.3, 0.4) is 0 Å². The minimum atomic E-state index is -0.649.